The third-order valence-electron chi connectivity index (χ3n) is 4.27. The van der Waals surface area contributed by atoms with Crippen molar-refractivity contribution in [3.63, 3.8) is 0 Å². The number of carbonyl (C=O) groups is 1. The average molecular weight is 366 g/mol. The number of rotatable bonds is 5. The van der Waals surface area contributed by atoms with Crippen LogP contribution in [0.25, 0.3) is 0 Å². The minimum absolute atomic E-state index is 0.0547. The van der Waals surface area contributed by atoms with E-state index < -0.39 is 0 Å². The van der Waals surface area contributed by atoms with Crippen LogP contribution in [0.3, 0.4) is 0 Å². The Morgan fingerprint density at radius 1 is 1.08 bits per heavy atom. The topological polar surface area (TPSA) is 54.0 Å². The largest absolute Gasteiger partial charge is 0.345 e. The maximum atomic E-state index is 12.7. The molecule has 26 heavy (non-hydrogen) atoms. The average Bonchev–Trinajstić information content (AvgIpc) is 2.98. The Morgan fingerprint density at radius 3 is 2.50 bits per heavy atom. The molecule has 0 aliphatic rings. The number of anilines is 2. The Hall–Kier alpha value is -2.66. The van der Waals surface area contributed by atoms with Gasteiger partial charge < -0.3 is 10.6 Å². The Balaban J connectivity index is 1.74. The van der Waals surface area contributed by atoms with Crippen molar-refractivity contribution in [1.29, 1.82) is 0 Å². The van der Waals surface area contributed by atoms with Gasteiger partial charge in [0, 0.05) is 5.69 Å². The van der Waals surface area contributed by atoms with E-state index in [2.05, 4.69) is 41.6 Å². The molecule has 5 heteroatoms. The first-order valence-electron chi connectivity index (χ1n) is 8.61. The first-order valence-corrected chi connectivity index (χ1v) is 9.43. The molecular weight excluding hydrogens is 342 g/mol. The maximum Gasteiger partial charge on any atom is 0.263 e. The van der Waals surface area contributed by atoms with Gasteiger partial charge in [-0.1, -0.05) is 59.4 Å². The fourth-order valence-corrected chi connectivity index (χ4v) is 3.70. The van der Waals surface area contributed by atoms with E-state index in [1.807, 2.05) is 50.2 Å². The van der Waals surface area contributed by atoms with Gasteiger partial charge in [0.15, 0.2) is 5.13 Å². The molecule has 1 aromatic heterocycles. The van der Waals surface area contributed by atoms with Crippen LogP contribution in [0.1, 0.15) is 45.0 Å². The van der Waals surface area contributed by atoms with Gasteiger partial charge in [0.2, 0.25) is 0 Å². The zero-order chi connectivity index (χ0) is 18.7. The van der Waals surface area contributed by atoms with Crippen LogP contribution in [0, 0.1) is 20.8 Å². The summed E-state index contributed by atoms with van der Waals surface area (Å²) in [6.45, 7) is 7.98. The fourth-order valence-electron chi connectivity index (χ4n) is 2.82. The highest BCUT2D eigenvalue weighted by Gasteiger charge is 2.18. The second-order valence-corrected chi connectivity index (χ2v) is 7.48. The number of thiazole rings is 1. The van der Waals surface area contributed by atoms with E-state index in [4.69, 9.17) is 0 Å². The lowest BCUT2D eigenvalue weighted by atomic mass is 10.1. The third kappa shape index (κ3) is 4.11. The normalized spacial score (nSPS) is 11.8. The van der Waals surface area contributed by atoms with E-state index in [1.165, 1.54) is 16.9 Å². The number of aromatic nitrogens is 1. The second kappa shape index (κ2) is 7.70. The van der Waals surface area contributed by atoms with Gasteiger partial charge in [0.1, 0.15) is 4.88 Å². The Morgan fingerprint density at radius 2 is 1.81 bits per heavy atom. The van der Waals surface area contributed by atoms with Crippen molar-refractivity contribution in [3.05, 3.63) is 75.8 Å². The predicted molar refractivity (Wildman–Crippen MR) is 108 cm³/mol. The zero-order valence-corrected chi connectivity index (χ0v) is 16.3. The highest BCUT2D eigenvalue weighted by molar-refractivity contribution is 7.17. The van der Waals surface area contributed by atoms with Gasteiger partial charge in [-0.25, -0.2) is 4.98 Å². The Kier molecular flexibility index (Phi) is 5.38. The molecule has 2 aromatic carbocycles. The number of benzene rings is 2. The smallest absolute Gasteiger partial charge is 0.263 e. The minimum atomic E-state index is -0.0926. The van der Waals surface area contributed by atoms with Gasteiger partial charge in [-0.05, 0) is 44.9 Å². The summed E-state index contributed by atoms with van der Waals surface area (Å²) in [6, 6.07) is 16.1. The van der Waals surface area contributed by atoms with E-state index in [-0.39, 0.29) is 11.9 Å². The molecule has 0 radical (unpaired) electrons. The lowest BCUT2D eigenvalue weighted by Gasteiger charge is -2.13. The highest BCUT2D eigenvalue weighted by atomic mass is 32.1. The summed E-state index contributed by atoms with van der Waals surface area (Å²) in [7, 11) is 0. The van der Waals surface area contributed by atoms with Crippen LogP contribution in [0.5, 0.6) is 0 Å². The molecule has 3 aromatic rings. The summed E-state index contributed by atoms with van der Waals surface area (Å²) < 4.78 is 0. The first kappa shape index (κ1) is 18.1. The second-order valence-electron chi connectivity index (χ2n) is 6.48. The van der Waals surface area contributed by atoms with Crippen molar-refractivity contribution < 1.29 is 4.79 Å². The van der Waals surface area contributed by atoms with E-state index in [0.717, 1.165) is 27.6 Å². The number of aryl methyl sites for hydroxylation is 3. The highest BCUT2D eigenvalue weighted by Crippen LogP contribution is 2.28. The van der Waals surface area contributed by atoms with Crippen molar-refractivity contribution >= 4 is 28.1 Å². The van der Waals surface area contributed by atoms with Crippen molar-refractivity contribution in [2.24, 2.45) is 0 Å². The van der Waals surface area contributed by atoms with Gasteiger partial charge in [-0.2, -0.15) is 0 Å². The van der Waals surface area contributed by atoms with Crippen LogP contribution in [0.15, 0.2) is 48.5 Å². The molecule has 3 rings (SSSR count). The molecule has 0 spiro atoms. The molecule has 0 aliphatic heterocycles. The number of amides is 1. The van der Waals surface area contributed by atoms with Gasteiger partial charge >= 0.3 is 0 Å². The van der Waals surface area contributed by atoms with Crippen LogP contribution in [-0.2, 0) is 0 Å². The zero-order valence-electron chi connectivity index (χ0n) is 15.5. The first-order chi connectivity index (χ1) is 12.4. The van der Waals surface area contributed by atoms with E-state index >= 15 is 0 Å². The molecule has 0 bridgehead atoms. The predicted octanol–water partition coefficient (Wildman–Crippen LogP) is 5.30. The summed E-state index contributed by atoms with van der Waals surface area (Å²) in [5.74, 6) is -0.0926. The van der Waals surface area contributed by atoms with Crippen molar-refractivity contribution in [3.8, 4) is 0 Å². The molecule has 0 aliphatic carbocycles. The molecule has 0 fully saturated rings. The molecular formula is C21H23N3OS. The van der Waals surface area contributed by atoms with Crippen LogP contribution in [0.2, 0.25) is 0 Å². The van der Waals surface area contributed by atoms with Crippen LogP contribution < -0.4 is 10.6 Å². The van der Waals surface area contributed by atoms with Crippen LogP contribution >= 0.6 is 11.3 Å². The number of hydrogen-bond donors (Lipinski definition) is 2. The lowest BCUT2D eigenvalue weighted by molar-refractivity contribution is 0.0943. The molecule has 0 unspecified atom stereocenters. The maximum absolute atomic E-state index is 12.7. The number of carbonyl (C=O) groups excluding carboxylic acids is 1. The monoisotopic (exact) mass is 365 g/mol. The molecule has 2 N–H and O–H groups in total. The summed E-state index contributed by atoms with van der Waals surface area (Å²) >= 11 is 1.38. The molecule has 1 heterocycles. The van der Waals surface area contributed by atoms with Gasteiger partial charge in [0.25, 0.3) is 5.91 Å². The third-order valence-corrected chi connectivity index (χ3v) is 5.35. The number of hydrogen-bond acceptors (Lipinski definition) is 4. The SMILES string of the molecule is Cc1ccc(Nc2nc(C)c(C(=O)N[C@H](C)c3ccccc3)s2)c(C)c1. The summed E-state index contributed by atoms with van der Waals surface area (Å²) in [6.07, 6.45) is 0. The number of nitrogens with one attached hydrogen (secondary N) is 2. The lowest BCUT2D eigenvalue weighted by Crippen LogP contribution is -2.26. The fraction of sp³-hybridized carbons (Fsp3) is 0.238. The summed E-state index contributed by atoms with van der Waals surface area (Å²) in [5.41, 5.74) is 5.20. The Labute approximate surface area is 158 Å². The Bertz CT molecular complexity index is 918. The summed E-state index contributed by atoms with van der Waals surface area (Å²) in [5, 5.41) is 7.11. The van der Waals surface area contributed by atoms with Crippen LogP contribution in [0.4, 0.5) is 10.8 Å². The molecule has 0 saturated heterocycles. The van der Waals surface area contributed by atoms with Crippen molar-refractivity contribution in [2.75, 3.05) is 5.32 Å². The minimum Gasteiger partial charge on any atom is -0.345 e. The molecule has 1 amide bonds. The van der Waals surface area contributed by atoms with Crippen molar-refractivity contribution in [2.45, 2.75) is 33.7 Å². The van der Waals surface area contributed by atoms with Crippen LogP contribution in [-0.4, -0.2) is 10.9 Å². The standard InChI is InChI=1S/C21H23N3OS/c1-13-10-11-18(14(2)12-13)24-21-23-16(4)19(26-21)20(25)22-15(3)17-8-6-5-7-9-17/h5-12,15H,1-4H3,(H,22,25)(H,23,24)/t15-/m1/s1. The van der Waals surface area contributed by atoms with Gasteiger partial charge in [0.05, 0.1) is 11.7 Å². The molecule has 4 nitrogen and oxygen atoms in total. The van der Waals surface area contributed by atoms with E-state index in [1.54, 1.807) is 0 Å². The molecule has 134 valence electrons. The molecule has 1 atom stereocenters. The van der Waals surface area contributed by atoms with Crippen molar-refractivity contribution in [1.82, 2.24) is 10.3 Å². The number of nitrogens with zero attached hydrogens (tertiary/aromatic N) is 1. The summed E-state index contributed by atoms with van der Waals surface area (Å²) in [4.78, 5) is 17.8. The van der Waals surface area contributed by atoms with E-state index in [9.17, 15) is 4.79 Å². The molecule has 0 saturated carbocycles. The van der Waals surface area contributed by atoms with Gasteiger partial charge in [-0.15, -0.1) is 0 Å². The van der Waals surface area contributed by atoms with Gasteiger partial charge in [-0.3, -0.25) is 4.79 Å². The quantitative estimate of drug-likeness (QED) is 0.645. The van der Waals surface area contributed by atoms with E-state index in [0.29, 0.717) is 4.88 Å².